The minimum absolute atomic E-state index is 0.0112. The van der Waals surface area contributed by atoms with Gasteiger partial charge in [0.05, 0.1) is 29.2 Å². The highest BCUT2D eigenvalue weighted by molar-refractivity contribution is 7.89. The first-order valence-corrected chi connectivity index (χ1v) is 15.8. The molecule has 218 valence electrons. The van der Waals surface area contributed by atoms with E-state index in [1.807, 2.05) is 30.3 Å². The predicted molar refractivity (Wildman–Crippen MR) is 158 cm³/mol. The number of carbonyl (C=O) groups excluding carboxylic acids is 2. The first-order valence-electron chi connectivity index (χ1n) is 13.5. The molecule has 42 heavy (non-hydrogen) atoms. The number of nitrogens with one attached hydrogen (secondary N) is 1. The van der Waals surface area contributed by atoms with Crippen molar-refractivity contribution in [2.24, 2.45) is 0 Å². The van der Waals surface area contributed by atoms with Crippen molar-refractivity contribution in [3.63, 3.8) is 0 Å². The molecular formula is C30H31N5O5S2. The highest BCUT2D eigenvalue weighted by Gasteiger charge is 2.30. The minimum Gasteiger partial charge on any atom is -0.462 e. The van der Waals surface area contributed by atoms with Crippen LogP contribution >= 0.6 is 11.3 Å². The van der Waals surface area contributed by atoms with Crippen LogP contribution in [-0.2, 0) is 34.3 Å². The summed E-state index contributed by atoms with van der Waals surface area (Å²) in [5.74, 6) is -0.979. The number of fused-ring (bicyclic) bond motifs is 1. The fraction of sp³-hybridized carbons (Fsp3) is 0.333. The molecule has 1 aliphatic heterocycles. The van der Waals surface area contributed by atoms with Crippen LogP contribution < -0.4 is 5.32 Å². The van der Waals surface area contributed by atoms with E-state index in [0.717, 1.165) is 27.8 Å². The van der Waals surface area contributed by atoms with Crippen LogP contribution in [0.4, 0.5) is 5.00 Å². The number of nitriles is 2. The summed E-state index contributed by atoms with van der Waals surface area (Å²) in [4.78, 5) is 29.4. The van der Waals surface area contributed by atoms with Crippen molar-refractivity contribution in [3.8, 4) is 12.1 Å². The average Bonchev–Trinajstić information content (AvgIpc) is 3.34. The summed E-state index contributed by atoms with van der Waals surface area (Å²) in [7, 11) is -3.97. The number of rotatable bonds is 12. The summed E-state index contributed by atoms with van der Waals surface area (Å²) in [6, 6.07) is 19.4. The molecule has 1 amide bonds. The third-order valence-corrected chi connectivity index (χ3v) is 9.84. The van der Waals surface area contributed by atoms with Crippen LogP contribution in [0.2, 0.25) is 0 Å². The van der Waals surface area contributed by atoms with Crippen molar-refractivity contribution in [3.05, 3.63) is 81.7 Å². The molecule has 1 aliphatic rings. The number of esters is 1. The quantitative estimate of drug-likeness (QED) is 0.296. The van der Waals surface area contributed by atoms with Gasteiger partial charge >= 0.3 is 5.97 Å². The Labute approximate surface area is 249 Å². The van der Waals surface area contributed by atoms with Crippen LogP contribution in [0.25, 0.3) is 0 Å². The topological polar surface area (TPSA) is 144 Å². The van der Waals surface area contributed by atoms with E-state index < -0.39 is 21.9 Å². The van der Waals surface area contributed by atoms with Gasteiger partial charge in [0.25, 0.3) is 5.91 Å². The molecule has 12 heteroatoms. The van der Waals surface area contributed by atoms with Gasteiger partial charge in [0, 0.05) is 56.0 Å². The van der Waals surface area contributed by atoms with Crippen molar-refractivity contribution < 1.29 is 22.7 Å². The van der Waals surface area contributed by atoms with Gasteiger partial charge in [-0.25, -0.2) is 13.2 Å². The van der Waals surface area contributed by atoms with Crippen molar-refractivity contribution in [2.75, 3.05) is 31.6 Å². The molecule has 2 aromatic carbocycles. The summed E-state index contributed by atoms with van der Waals surface area (Å²) in [6.45, 7) is 4.03. The van der Waals surface area contributed by atoms with Gasteiger partial charge in [-0.05, 0) is 48.7 Å². The number of hydrogen-bond acceptors (Lipinski definition) is 9. The van der Waals surface area contributed by atoms with Crippen molar-refractivity contribution in [1.82, 2.24) is 9.21 Å². The zero-order chi connectivity index (χ0) is 30.1. The summed E-state index contributed by atoms with van der Waals surface area (Å²) in [5.41, 5.74) is 2.66. The van der Waals surface area contributed by atoms with Crippen molar-refractivity contribution in [1.29, 1.82) is 10.5 Å². The molecule has 2 heterocycles. The molecule has 4 rings (SSSR count). The van der Waals surface area contributed by atoms with E-state index in [2.05, 4.69) is 22.3 Å². The van der Waals surface area contributed by atoms with Gasteiger partial charge in [0.1, 0.15) is 5.00 Å². The standard InChI is InChI=1S/C30H31N5O5S2/c1-2-40-30(37)27-25-14-19-34(20-22-8-4-3-5-9-22)21-26(25)41-29(27)33-28(36)23-10-12-24(13-11-23)42(38,39)35(17-6-15-31)18-7-16-32/h3-5,8-13H,2,6-7,14,17-21H2,1H3,(H,33,36). The Morgan fingerprint density at radius 1 is 1.05 bits per heavy atom. The second kappa shape index (κ2) is 14.2. The molecule has 0 atom stereocenters. The van der Waals surface area contributed by atoms with E-state index in [-0.39, 0.29) is 43.0 Å². The lowest BCUT2D eigenvalue weighted by Gasteiger charge is -2.27. The molecule has 1 N–H and O–H groups in total. The number of hydrogen-bond donors (Lipinski definition) is 1. The number of anilines is 1. The van der Waals surface area contributed by atoms with Gasteiger partial charge < -0.3 is 10.1 Å². The van der Waals surface area contributed by atoms with Crippen LogP contribution in [0.1, 0.15) is 56.5 Å². The molecule has 0 fully saturated rings. The maximum absolute atomic E-state index is 13.2. The SMILES string of the molecule is CCOC(=O)c1c(NC(=O)c2ccc(S(=O)(=O)N(CCC#N)CCC#N)cc2)sc2c1CCN(Cc1ccccc1)C2. The van der Waals surface area contributed by atoms with Gasteiger partial charge in [0.15, 0.2) is 0 Å². The number of nitrogens with zero attached hydrogens (tertiary/aromatic N) is 4. The Bertz CT molecular complexity index is 1590. The Hall–Kier alpha value is -4.07. The van der Waals surface area contributed by atoms with Crippen LogP contribution in [0.3, 0.4) is 0 Å². The monoisotopic (exact) mass is 605 g/mol. The second-order valence-electron chi connectivity index (χ2n) is 9.57. The molecule has 0 aliphatic carbocycles. The van der Waals surface area contributed by atoms with Gasteiger partial charge in [-0.2, -0.15) is 14.8 Å². The molecule has 0 spiro atoms. The number of ether oxygens (including phenoxy) is 1. The minimum atomic E-state index is -3.97. The highest BCUT2D eigenvalue weighted by atomic mass is 32.2. The van der Waals surface area contributed by atoms with Crippen LogP contribution in [0.15, 0.2) is 59.5 Å². The number of amides is 1. The maximum atomic E-state index is 13.2. The lowest BCUT2D eigenvalue weighted by atomic mass is 10.0. The molecule has 0 radical (unpaired) electrons. The molecule has 0 bridgehead atoms. The number of sulfonamides is 1. The highest BCUT2D eigenvalue weighted by Crippen LogP contribution is 2.38. The van der Waals surface area contributed by atoms with E-state index in [9.17, 15) is 18.0 Å². The second-order valence-corrected chi connectivity index (χ2v) is 12.6. The van der Waals surface area contributed by atoms with Crippen molar-refractivity contribution >= 4 is 38.2 Å². The summed E-state index contributed by atoms with van der Waals surface area (Å²) >= 11 is 1.35. The Morgan fingerprint density at radius 2 is 1.71 bits per heavy atom. The average molecular weight is 606 g/mol. The zero-order valence-electron chi connectivity index (χ0n) is 23.2. The van der Waals surface area contributed by atoms with Crippen LogP contribution in [-0.4, -0.2) is 55.7 Å². The maximum Gasteiger partial charge on any atom is 0.341 e. The Morgan fingerprint density at radius 3 is 2.33 bits per heavy atom. The fourth-order valence-electron chi connectivity index (χ4n) is 4.74. The third kappa shape index (κ3) is 7.22. The van der Waals surface area contributed by atoms with E-state index in [4.69, 9.17) is 15.3 Å². The van der Waals surface area contributed by atoms with Crippen molar-refractivity contribution in [2.45, 2.75) is 44.2 Å². The molecule has 10 nitrogen and oxygen atoms in total. The van der Waals surface area contributed by atoms with E-state index in [1.54, 1.807) is 6.92 Å². The zero-order valence-corrected chi connectivity index (χ0v) is 24.8. The molecule has 0 saturated heterocycles. The fourth-order valence-corrected chi connectivity index (χ4v) is 7.46. The van der Waals surface area contributed by atoms with Gasteiger partial charge in [-0.1, -0.05) is 30.3 Å². The number of carbonyl (C=O) groups is 2. The van der Waals surface area contributed by atoms with Crippen LogP contribution in [0, 0.1) is 22.7 Å². The molecule has 3 aromatic rings. The molecule has 1 aromatic heterocycles. The summed E-state index contributed by atoms with van der Waals surface area (Å²) in [5, 5.41) is 21.0. The van der Waals surface area contributed by atoms with E-state index in [1.165, 1.54) is 41.2 Å². The Balaban J connectivity index is 1.54. The van der Waals surface area contributed by atoms with E-state index >= 15 is 0 Å². The third-order valence-electron chi connectivity index (χ3n) is 6.79. The normalized spacial score (nSPS) is 13.1. The van der Waals surface area contributed by atoms with Gasteiger partial charge in [0.2, 0.25) is 10.0 Å². The smallest absolute Gasteiger partial charge is 0.341 e. The predicted octanol–water partition coefficient (Wildman–Crippen LogP) is 4.55. The molecule has 0 unspecified atom stereocenters. The molecular weight excluding hydrogens is 574 g/mol. The van der Waals surface area contributed by atoms with Gasteiger partial charge in [-0.15, -0.1) is 11.3 Å². The lowest BCUT2D eigenvalue weighted by Crippen LogP contribution is -2.32. The van der Waals surface area contributed by atoms with Crippen LogP contribution in [0.5, 0.6) is 0 Å². The molecule has 0 saturated carbocycles. The first-order chi connectivity index (χ1) is 20.3. The first kappa shape index (κ1) is 30.9. The summed E-state index contributed by atoms with van der Waals surface area (Å²) in [6.07, 6.45) is 0.620. The van der Waals surface area contributed by atoms with E-state index in [0.29, 0.717) is 23.5 Å². The largest absolute Gasteiger partial charge is 0.462 e. The number of benzene rings is 2. The number of thiophene rings is 1. The summed E-state index contributed by atoms with van der Waals surface area (Å²) < 4.78 is 32.6. The lowest BCUT2D eigenvalue weighted by molar-refractivity contribution is 0.0526. The van der Waals surface area contributed by atoms with Gasteiger partial charge in [-0.3, -0.25) is 9.69 Å². The Kier molecular flexibility index (Phi) is 10.4.